The first-order chi connectivity index (χ1) is 13.3. The van der Waals surface area contributed by atoms with Crippen molar-refractivity contribution in [3.05, 3.63) is 64.7 Å². The summed E-state index contributed by atoms with van der Waals surface area (Å²) in [4.78, 5) is 0.185. The van der Waals surface area contributed by atoms with Gasteiger partial charge in [0, 0.05) is 10.9 Å². The van der Waals surface area contributed by atoms with Gasteiger partial charge in [0.1, 0.15) is 11.7 Å². The summed E-state index contributed by atoms with van der Waals surface area (Å²) in [5.74, 6) is 0.559. The lowest BCUT2D eigenvalue weighted by molar-refractivity contribution is -0.246. The summed E-state index contributed by atoms with van der Waals surface area (Å²) in [5, 5.41) is 0.712. The molecule has 0 amide bonds. The lowest BCUT2D eigenvalue weighted by Crippen LogP contribution is -2.62. The van der Waals surface area contributed by atoms with E-state index in [9.17, 15) is 8.42 Å². The highest BCUT2D eigenvalue weighted by Gasteiger charge is 2.61. The summed E-state index contributed by atoms with van der Waals surface area (Å²) in [6, 6.07) is 14.6. The van der Waals surface area contributed by atoms with E-state index < -0.39 is 21.8 Å². The number of halogens is 1. The normalized spacial score (nSPS) is 27.8. The van der Waals surface area contributed by atoms with Crippen LogP contribution >= 0.6 is 11.6 Å². The smallest absolute Gasteiger partial charge is 0.297 e. The van der Waals surface area contributed by atoms with Gasteiger partial charge in [-0.3, -0.25) is 4.18 Å². The van der Waals surface area contributed by atoms with Crippen LogP contribution in [0.4, 0.5) is 0 Å². The molecule has 1 saturated carbocycles. The Bertz CT molecular complexity index is 940. The number of benzene rings is 2. The van der Waals surface area contributed by atoms with E-state index in [0.717, 1.165) is 24.8 Å². The molecule has 1 aliphatic carbocycles. The molecule has 28 heavy (non-hydrogen) atoms. The van der Waals surface area contributed by atoms with E-state index >= 15 is 0 Å². The van der Waals surface area contributed by atoms with Gasteiger partial charge in [-0.25, -0.2) is 0 Å². The quantitative estimate of drug-likeness (QED) is 0.631. The number of hydrogen-bond acceptors (Lipinski definition) is 4. The number of aryl methyl sites for hydroxylation is 1. The fourth-order valence-electron chi connectivity index (χ4n) is 4.76. The number of hydrogen-bond donors (Lipinski definition) is 0. The highest BCUT2D eigenvalue weighted by atomic mass is 35.5. The van der Waals surface area contributed by atoms with Crippen LogP contribution in [0.5, 0.6) is 0 Å². The minimum Gasteiger partial charge on any atom is -0.371 e. The van der Waals surface area contributed by atoms with Gasteiger partial charge in [0.25, 0.3) is 10.1 Å². The number of rotatable bonds is 6. The van der Waals surface area contributed by atoms with Crippen molar-refractivity contribution in [1.29, 1.82) is 0 Å². The van der Waals surface area contributed by atoms with Crippen molar-refractivity contribution >= 4 is 21.7 Å². The molecular formula is C22H25ClO4S. The first-order valence-corrected chi connectivity index (χ1v) is 11.5. The Hall–Kier alpha value is -1.40. The molecule has 2 aromatic carbocycles. The molecule has 0 N–H and O–H groups in total. The molecule has 6 heteroatoms. The standard InChI is InChI=1S/C22H25ClO4S/c1-15-3-11-21(12-4-15)28(24,25)27-16(2)22-18(7-8-19(22)14-26-22)13-17-5-9-20(23)10-6-17/h3-6,9-12,16,18-19H,7-8,13-14H2,1-2H3. The van der Waals surface area contributed by atoms with Gasteiger partial charge in [0.05, 0.1) is 11.5 Å². The third-order valence-corrected chi connectivity index (χ3v) is 7.93. The predicted octanol–water partition coefficient (Wildman–Crippen LogP) is 4.78. The molecule has 1 heterocycles. The van der Waals surface area contributed by atoms with Crippen LogP contribution in [0.15, 0.2) is 53.4 Å². The Balaban J connectivity index is 1.55. The maximum Gasteiger partial charge on any atom is 0.297 e. The van der Waals surface area contributed by atoms with Crippen molar-refractivity contribution in [3.8, 4) is 0 Å². The molecule has 4 unspecified atom stereocenters. The van der Waals surface area contributed by atoms with Crippen LogP contribution in [0.2, 0.25) is 5.02 Å². The van der Waals surface area contributed by atoms with Gasteiger partial charge in [-0.1, -0.05) is 41.4 Å². The maximum absolute atomic E-state index is 12.8. The van der Waals surface area contributed by atoms with Crippen LogP contribution in [0, 0.1) is 18.8 Å². The molecule has 2 aromatic rings. The summed E-state index contributed by atoms with van der Waals surface area (Å²) >= 11 is 6.00. The zero-order valence-electron chi connectivity index (χ0n) is 16.1. The van der Waals surface area contributed by atoms with Gasteiger partial charge in [0.15, 0.2) is 0 Å². The minimum absolute atomic E-state index is 0.185. The molecule has 4 nitrogen and oxygen atoms in total. The van der Waals surface area contributed by atoms with E-state index in [1.807, 2.05) is 38.1 Å². The van der Waals surface area contributed by atoms with Gasteiger partial charge >= 0.3 is 0 Å². The van der Waals surface area contributed by atoms with E-state index in [1.165, 1.54) is 5.56 Å². The van der Waals surface area contributed by atoms with Crippen LogP contribution in [-0.2, 0) is 25.5 Å². The Kier molecular flexibility index (Phi) is 5.29. The number of fused-ring (bicyclic) bond motifs is 1. The van der Waals surface area contributed by atoms with Crippen molar-refractivity contribution < 1.29 is 17.3 Å². The predicted molar refractivity (Wildman–Crippen MR) is 109 cm³/mol. The number of ether oxygens (including phenoxy) is 1. The van der Waals surface area contributed by atoms with Gasteiger partial charge in [-0.05, 0) is 68.9 Å². The summed E-state index contributed by atoms with van der Waals surface area (Å²) < 4.78 is 37.4. The van der Waals surface area contributed by atoms with Crippen LogP contribution in [0.1, 0.15) is 30.9 Å². The maximum atomic E-state index is 12.8. The summed E-state index contributed by atoms with van der Waals surface area (Å²) in [7, 11) is -3.84. The molecule has 0 aromatic heterocycles. The van der Waals surface area contributed by atoms with E-state index in [4.69, 9.17) is 20.5 Å². The van der Waals surface area contributed by atoms with Crippen LogP contribution in [0.3, 0.4) is 0 Å². The van der Waals surface area contributed by atoms with Gasteiger partial charge in [0.2, 0.25) is 0 Å². The van der Waals surface area contributed by atoms with Crippen molar-refractivity contribution in [1.82, 2.24) is 0 Å². The van der Waals surface area contributed by atoms with Crippen molar-refractivity contribution in [2.45, 2.75) is 49.7 Å². The molecule has 0 bridgehead atoms. The summed E-state index contributed by atoms with van der Waals surface area (Å²) in [6.45, 7) is 4.43. The Morgan fingerprint density at radius 3 is 2.43 bits per heavy atom. The molecular weight excluding hydrogens is 396 g/mol. The van der Waals surface area contributed by atoms with E-state index in [0.29, 0.717) is 17.5 Å². The lowest BCUT2D eigenvalue weighted by atomic mass is 9.74. The molecule has 2 aliphatic rings. The highest BCUT2D eigenvalue weighted by Crippen LogP contribution is 2.54. The van der Waals surface area contributed by atoms with E-state index in [1.54, 1.807) is 24.3 Å². The third-order valence-electron chi connectivity index (χ3n) is 6.29. The van der Waals surface area contributed by atoms with Crippen molar-refractivity contribution in [2.24, 2.45) is 11.8 Å². The van der Waals surface area contributed by atoms with Gasteiger partial charge < -0.3 is 4.74 Å². The van der Waals surface area contributed by atoms with Crippen molar-refractivity contribution in [2.75, 3.05) is 6.61 Å². The first-order valence-electron chi connectivity index (χ1n) is 9.69. The Morgan fingerprint density at radius 1 is 1.14 bits per heavy atom. The Labute approximate surface area is 171 Å². The molecule has 0 spiro atoms. The SMILES string of the molecule is Cc1ccc(S(=O)(=O)OC(C)C23OCC2CCC3Cc2ccc(Cl)cc2)cc1. The molecule has 4 atom stereocenters. The van der Waals surface area contributed by atoms with E-state index in [2.05, 4.69) is 0 Å². The average molecular weight is 421 g/mol. The Morgan fingerprint density at radius 2 is 1.82 bits per heavy atom. The molecule has 0 radical (unpaired) electrons. The van der Waals surface area contributed by atoms with Crippen molar-refractivity contribution in [3.63, 3.8) is 0 Å². The van der Waals surface area contributed by atoms with Crippen LogP contribution < -0.4 is 0 Å². The van der Waals surface area contributed by atoms with Gasteiger partial charge in [-0.15, -0.1) is 0 Å². The molecule has 4 rings (SSSR count). The minimum atomic E-state index is -3.84. The van der Waals surface area contributed by atoms with E-state index in [-0.39, 0.29) is 10.8 Å². The second kappa shape index (κ2) is 7.45. The fourth-order valence-corrected chi connectivity index (χ4v) is 5.99. The molecule has 1 aliphatic heterocycles. The van der Waals surface area contributed by atoms with Crippen LogP contribution in [-0.4, -0.2) is 26.7 Å². The molecule has 2 fully saturated rings. The largest absolute Gasteiger partial charge is 0.371 e. The summed E-state index contributed by atoms with van der Waals surface area (Å²) in [6.07, 6.45) is 2.32. The third kappa shape index (κ3) is 3.50. The molecule has 150 valence electrons. The zero-order valence-corrected chi connectivity index (χ0v) is 17.7. The first kappa shape index (κ1) is 19.9. The second-order valence-corrected chi connectivity index (χ2v) is 9.98. The second-order valence-electron chi connectivity index (χ2n) is 7.97. The average Bonchev–Trinajstić information content (AvgIpc) is 2.87. The zero-order chi connectivity index (χ0) is 19.9. The monoisotopic (exact) mass is 420 g/mol. The van der Waals surface area contributed by atoms with Crippen LogP contribution in [0.25, 0.3) is 0 Å². The fraction of sp³-hybridized carbons (Fsp3) is 0.455. The highest BCUT2D eigenvalue weighted by molar-refractivity contribution is 7.86. The molecule has 1 saturated heterocycles. The topological polar surface area (TPSA) is 52.6 Å². The lowest BCUT2D eigenvalue weighted by Gasteiger charge is -2.51. The van der Waals surface area contributed by atoms with Gasteiger partial charge in [-0.2, -0.15) is 8.42 Å². The summed E-state index contributed by atoms with van der Waals surface area (Å²) in [5.41, 5.74) is 1.64.